The van der Waals surface area contributed by atoms with E-state index in [1.165, 1.54) is 40.2 Å². The molecule has 2 aliphatic rings. The van der Waals surface area contributed by atoms with Crippen LogP contribution >= 0.6 is 0 Å². The fraction of sp³-hybridized carbons (Fsp3) is 0.280. The minimum atomic E-state index is -0.473. The van der Waals surface area contributed by atoms with E-state index in [-0.39, 0.29) is 30.6 Å². The molecule has 2 aromatic heterocycles. The van der Waals surface area contributed by atoms with E-state index in [9.17, 15) is 18.4 Å². The number of nitrogens with zero attached hydrogens (tertiary/aromatic N) is 8. The summed E-state index contributed by atoms with van der Waals surface area (Å²) in [6.45, 7) is 2.16. The number of aromatic nitrogens is 5. The predicted octanol–water partition coefficient (Wildman–Crippen LogP) is 2.19. The second kappa shape index (κ2) is 9.19. The van der Waals surface area contributed by atoms with Crippen LogP contribution in [0.4, 0.5) is 20.3 Å². The largest absolute Gasteiger partial charge is 0.351 e. The predicted molar refractivity (Wildman–Crippen MR) is 130 cm³/mol. The summed E-state index contributed by atoms with van der Waals surface area (Å²) in [5.74, 6) is -0.971. The molecule has 188 valence electrons. The van der Waals surface area contributed by atoms with Crippen LogP contribution in [0, 0.1) is 17.6 Å². The highest BCUT2D eigenvalue weighted by atomic mass is 19.1. The zero-order chi connectivity index (χ0) is 25.5. The Kier molecular flexibility index (Phi) is 5.70. The topological polar surface area (TPSA) is 100 Å². The van der Waals surface area contributed by atoms with Gasteiger partial charge in [-0.25, -0.2) is 18.7 Å². The Balaban J connectivity index is 1.14. The summed E-state index contributed by atoms with van der Waals surface area (Å²) in [5.41, 5.74) is 1.90. The number of fused-ring (bicyclic) bond motifs is 1. The van der Waals surface area contributed by atoms with Crippen molar-refractivity contribution in [1.29, 1.82) is 0 Å². The number of hydrogen-bond acceptors (Lipinski definition) is 7. The van der Waals surface area contributed by atoms with Crippen molar-refractivity contribution in [1.82, 2.24) is 29.9 Å². The molecule has 0 radical (unpaired) electrons. The first-order valence-electron chi connectivity index (χ1n) is 11.9. The molecule has 1 atom stereocenters. The highest BCUT2D eigenvalue weighted by molar-refractivity contribution is 6.00. The van der Waals surface area contributed by atoms with Crippen molar-refractivity contribution < 1.29 is 18.4 Å². The third-order valence-electron chi connectivity index (χ3n) is 6.76. The van der Waals surface area contributed by atoms with Crippen molar-refractivity contribution in [2.24, 2.45) is 5.92 Å². The number of amides is 2. The maximum atomic E-state index is 13.7. The van der Waals surface area contributed by atoms with Gasteiger partial charge in [0.15, 0.2) is 17.0 Å². The van der Waals surface area contributed by atoms with Gasteiger partial charge in [-0.2, -0.15) is 4.68 Å². The SMILES string of the molecule is O=C(C1CC(=O)N(c2cccc(F)c2)C1)N1CCN(c2ncnc3c2nnn3-c2cccc(F)c2)CC1. The number of rotatable bonds is 4. The fourth-order valence-corrected chi connectivity index (χ4v) is 4.91. The third-order valence-corrected chi connectivity index (χ3v) is 6.76. The lowest BCUT2D eigenvalue weighted by molar-refractivity contribution is -0.136. The molecule has 6 rings (SSSR count). The zero-order valence-electron chi connectivity index (χ0n) is 19.7. The summed E-state index contributed by atoms with van der Waals surface area (Å²) in [5, 5.41) is 8.39. The first kappa shape index (κ1) is 23.0. The maximum Gasteiger partial charge on any atom is 0.228 e. The third kappa shape index (κ3) is 4.24. The standard InChI is InChI=1S/C25H22F2N8O2/c26-17-3-1-5-19(12-17)34-14-16(11-21(34)36)25(37)33-9-7-32(8-10-33)23-22-24(29-15-28-23)35(31-30-22)20-6-2-4-18(27)13-20/h1-6,12-13,15-16H,7-11,14H2. The normalized spacial score (nSPS) is 18.2. The Labute approximate surface area is 210 Å². The van der Waals surface area contributed by atoms with E-state index in [0.29, 0.717) is 54.5 Å². The van der Waals surface area contributed by atoms with E-state index >= 15 is 0 Å². The average Bonchev–Trinajstić information content (AvgIpc) is 3.52. The molecule has 10 nitrogen and oxygen atoms in total. The molecule has 2 fully saturated rings. The van der Waals surface area contributed by atoms with E-state index in [2.05, 4.69) is 20.3 Å². The van der Waals surface area contributed by atoms with Gasteiger partial charge in [0.1, 0.15) is 18.0 Å². The second-order valence-electron chi connectivity index (χ2n) is 9.05. The van der Waals surface area contributed by atoms with Gasteiger partial charge in [0.2, 0.25) is 11.8 Å². The lowest BCUT2D eigenvalue weighted by Crippen LogP contribution is -2.51. The number of benzene rings is 2. The van der Waals surface area contributed by atoms with Crippen LogP contribution in [0.3, 0.4) is 0 Å². The summed E-state index contributed by atoms with van der Waals surface area (Å²) >= 11 is 0. The maximum absolute atomic E-state index is 13.7. The van der Waals surface area contributed by atoms with E-state index < -0.39 is 11.7 Å². The van der Waals surface area contributed by atoms with Crippen molar-refractivity contribution >= 4 is 34.5 Å². The molecule has 0 spiro atoms. The van der Waals surface area contributed by atoms with Gasteiger partial charge in [-0.05, 0) is 36.4 Å². The van der Waals surface area contributed by atoms with Crippen LogP contribution in [0.1, 0.15) is 6.42 Å². The monoisotopic (exact) mass is 504 g/mol. The molecule has 37 heavy (non-hydrogen) atoms. The number of carbonyl (C=O) groups excluding carboxylic acids is 2. The fourth-order valence-electron chi connectivity index (χ4n) is 4.91. The van der Waals surface area contributed by atoms with Crippen LogP contribution in [0.5, 0.6) is 0 Å². The Bertz CT molecular complexity index is 1500. The number of anilines is 2. The highest BCUT2D eigenvalue weighted by Crippen LogP contribution is 2.28. The van der Waals surface area contributed by atoms with Gasteiger partial charge < -0.3 is 14.7 Å². The van der Waals surface area contributed by atoms with Crippen LogP contribution < -0.4 is 9.80 Å². The van der Waals surface area contributed by atoms with Gasteiger partial charge in [-0.3, -0.25) is 9.59 Å². The smallest absolute Gasteiger partial charge is 0.228 e. The van der Waals surface area contributed by atoms with Crippen molar-refractivity contribution in [3.05, 3.63) is 66.5 Å². The van der Waals surface area contributed by atoms with Gasteiger partial charge in [0.05, 0.1) is 11.6 Å². The molecular formula is C25H22F2N8O2. The summed E-state index contributed by atoms with van der Waals surface area (Å²) in [7, 11) is 0. The van der Waals surface area contributed by atoms with E-state index in [0.717, 1.165) is 0 Å². The molecule has 0 aliphatic carbocycles. The van der Waals surface area contributed by atoms with E-state index in [4.69, 9.17) is 0 Å². The average molecular weight is 505 g/mol. The highest BCUT2D eigenvalue weighted by Gasteiger charge is 2.38. The summed E-state index contributed by atoms with van der Waals surface area (Å²) < 4.78 is 28.8. The van der Waals surface area contributed by atoms with Crippen LogP contribution in [-0.4, -0.2) is 74.4 Å². The van der Waals surface area contributed by atoms with Crippen molar-refractivity contribution in [2.45, 2.75) is 6.42 Å². The van der Waals surface area contributed by atoms with Crippen molar-refractivity contribution in [3.63, 3.8) is 0 Å². The number of piperazine rings is 1. The van der Waals surface area contributed by atoms with Crippen LogP contribution in [0.2, 0.25) is 0 Å². The molecule has 2 aliphatic heterocycles. The van der Waals surface area contributed by atoms with Crippen molar-refractivity contribution in [2.75, 3.05) is 42.5 Å². The van der Waals surface area contributed by atoms with Gasteiger partial charge >= 0.3 is 0 Å². The number of halogens is 2. The Morgan fingerprint density at radius 3 is 2.35 bits per heavy atom. The Morgan fingerprint density at radius 2 is 1.62 bits per heavy atom. The lowest BCUT2D eigenvalue weighted by atomic mass is 10.1. The Hall–Kier alpha value is -4.48. The lowest BCUT2D eigenvalue weighted by Gasteiger charge is -2.36. The van der Waals surface area contributed by atoms with Crippen LogP contribution in [0.25, 0.3) is 16.9 Å². The summed E-state index contributed by atoms with van der Waals surface area (Å²) in [6, 6.07) is 11.8. The van der Waals surface area contributed by atoms with Gasteiger partial charge in [0, 0.05) is 44.8 Å². The van der Waals surface area contributed by atoms with Gasteiger partial charge in [-0.15, -0.1) is 5.10 Å². The van der Waals surface area contributed by atoms with Crippen molar-refractivity contribution in [3.8, 4) is 5.69 Å². The molecule has 12 heteroatoms. The number of carbonyl (C=O) groups is 2. The van der Waals surface area contributed by atoms with Gasteiger partial charge in [0.25, 0.3) is 0 Å². The van der Waals surface area contributed by atoms with Gasteiger partial charge in [-0.1, -0.05) is 17.3 Å². The minimum Gasteiger partial charge on any atom is -0.351 e. The van der Waals surface area contributed by atoms with E-state index in [1.807, 2.05) is 4.90 Å². The molecule has 0 N–H and O–H groups in total. The molecule has 0 bridgehead atoms. The molecule has 2 saturated heterocycles. The molecule has 4 aromatic rings. The van der Waals surface area contributed by atoms with Crippen LogP contribution in [0.15, 0.2) is 54.9 Å². The molecule has 4 heterocycles. The first-order chi connectivity index (χ1) is 18.0. The number of hydrogen-bond donors (Lipinski definition) is 0. The summed E-state index contributed by atoms with van der Waals surface area (Å²) in [4.78, 5) is 39.7. The Morgan fingerprint density at radius 1 is 0.919 bits per heavy atom. The first-order valence-corrected chi connectivity index (χ1v) is 11.9. The second-order valence-corrected chi connectivity index (χ2v) is 9.05. The minimum absolute atomic E-state index is 0.0863. The quantitative estimate of drug-likeness (QED) is 0.420. The molecule has 1 unspecified atom stereocenters. The van der Waals surface area contributed by atoms with Crippen LogP contribution in [-0.2, 0) is 9.59 Å². The summed E-state index contributed by atoms with van der Waals surface area (Å²) in [6.07, 6.45) is 1.52. The molecule has 0 saturated carbocycles. The molecule has 2 amide bonds. The zero-order valence-corrected chi connectivity index (χ0v) is 19.7. The van der Waals surface area contributed by atoms with E-state index in [1.54, 1.807) is 29.2 Å². The molecule has 2 aromatic carbocycles. The molecular weight excluding hydrogens is 482 g/mol.